The van der Waals surface area contributed by atoms with Gasteiger partial charge in [0.15, 0.2) is 5.79 Å². The van der Waals surface area contributed by atoms with E-state index in [1.54, 1.807) is 19.2 Å². The molecule has 4 aliphatic rings. The normalized spacial score (nSPS) is 38.5. The molecule has 2 saturated carbocycles. The van der Waals surface area contributed by atoms with Crippen LogP contribution in [-0.4, -0.2) is 52.5 Å². The van der Waals surface area contributed by atoms with Gasteiger partial charge in [0.25, 0.3) is 0 Å². The minimum Gasteiger partial charge on any atom is -0.461 e. The van der Waals surface area contributed by atoms with Crippen LogP contribution in [0, 0.1) is 23.7 Å². The largest absolute Gasteiger partial charge is 0.461 e. The first-order valence-corrected chi connectivity index (χ1v) is 11.4. The number of likely N-dealkylation sites (tertiary alicyclic amines) is 1. The Morgan fingerprint density at radius 2 is 1.94 bits per heavy atom. The SMILES string of the molecule is COC[C@H]1C[C@@H]2C(=O)N(C3CCCCC3)C(=O)[C@@H]2[C@@H]2C[C@@H](c3ccc(CO)o3)O[C@]12O. The number of rotatable bonds is 5. The van der Waals surface area contributed by atoms with Crippen LogP contribution >= 0.6 is 0 Å². The molecule has 1 aromatic heterocycles. The Labute approximate surface area is 181 Å². The number of methoxy groups -OCH3 is 1. The number of aliphatic hydroxyl groups is 2. The lowest BCUT2D eigenvalue weighted by Crippen LogP contribution is -2.54. The Balaban J connectivity index is 1.47. The van der Waals surface area contributed by atoms with Crippen LogP contribution in [0.5, 0.6) is 0 Å². The van der Waals surface area contributed by atoms with Crippen LogP contribution in [0.1, 0.15) is 62.6 Å². The van der Waals surface area contributed by atoms with E-state index in [1.807, 2.05) is 0 Å². The van der Waals surface area contributed by atoms with Crippen LogP contribution in [0.4, 0.5) is 0 Å². The van der Waals surface area contributed by atoms with Crippen molar-refractivity contribution in [3.05, 3.63) is 23.7 Å². The Kier molecular flexibility index (Phi) is 5.45. The molecule has 0 radical (unpaired) electrons. The number of amides is 2. The summed E-state index contributed by atoms with van der Waals surface area (Å²) in [6, 6.07) is 3.38. The number of furan rings is 1. The van der Waals surface area contributed by atoms with Crippen molar-refractivity contribution in [2.24, 2.45) is 23.7 Å². The maximum atomic E-state index is 13.5. The van der Waals surface area contributed by atoms with Crippen LogP contribution in [0.2, 0.25) is 0 Å². The van der Waals surface area contributed by atoms with Crippen molar-refractivity contribution in [2.75, 3.05) is 13.7 Å². The Bertz CT molecular complexity index is 847. The summed E-state index contributed by atoms with van der Waals surface area (Å²) in [5.74, 6) is -2.81. The van der Waals surface area contributed by atoms with Gasteiger partial charge in [-0.3, -0.25) is 14.5 Å². The lowest BCUT2D eigenvalue weighted by Gasteiger charge is -2.44. The van der Waals surface area contributed by atoms with Gasteiger partial charge in [-0.1, -0.05) is 19.3 Å². The summed E-state index contributed by atoms with van der Waals surface area (Å²) in [6.07, 6.45) is 5.15. The summed E-state index contributed by atoms with van der Waals surface area (Å²) < 4.78 is 17.2. The van der Waals surface area contributed by atoms with Gasteiger partial charge in [0.2, 0.25) is 11.8 Å². The molecule has 2 aliphatic carbocycles. The van der Waals surface area contributed by atoms with Gasteiger partial charge in [-0.15, -0.1) is 0 Å². The topological polar surface area (TPSA) is 109 Å². The maximum absolute atomic E-state index is 13.5. The summed E-state index contributed by atoms with van der Waals surface area (Å²) in [4.78, 5) is 28.4. The first-order valence-electron chi connectivity index (χ1n) is 11.4. The summed E-state index contributed by atoms with van der Waals surface area (Å²) in [5, 5.41) is 21.0. The van der Waals surface area contributed by atoms with Crippen molar-refractivity contribution in [1.82, 2.24) is 4.90 Å². The molecule has 170 valence electrons. The van der Waals surface area contributed by atoms with Crippen molar-refractivity contribution in [3.8, 4) is 0 Å². The molecule has 2 N–H and O–H groups in total. The molecule has 2 amide bonds. The Morgan fingerprint density at radius 1 is 1.16 bits per heavy atom. The second-order valence-electron chi connectivity index (χ2n) is 9.52. The molecule has 8 heteroatoms. The lowest BCUT2D eigenvalue weighted by molar-refractivity contribution is -0.276. The van der Waals surface area contributed by atoms with Crippen molar-refractivity contribution in [3.63, 3.8) is 0 Å². The monoisotopic (exact) mass is 433 g/mol. The fourth-order valence-corrected chi connectivity index (χ4v) is 6.43. The number of imide groups is 1. The minimum atomic E-state index is -1.56. The highest BCUT2D eigenvalue weighted by Gasteiger charge is 2.67. The van der Waals surface area contributed by atoms with Gasteiger partial charge >= 0.3 is 0 Å². The van der Waals surface area contributed by atoms with Crippen molar-refractivity contribution < 1.29 is 33.7 Å². The molecule has 1 aromatic rings. The predicted octanol–water partition coefficient (Wildman–Crippen LogP) is 2.14. The third kappa shape index (κ3) is 3.26. The number of hydrogen-bond donors (Lipinski definition) is 2. The number of nitrogens with zero attached hydrogens (tertiary/aromatic N) is 1. The predicted molar refractivity (Wildman–Crippen MR) is 107 cm³/mol. The molecule has 0 spiro atoms. The van der Waals surface area contributed by atoms with Crippen LogP contribution in [-0.2, 0) is 25.7 Å². The highest BCUT2D eigenvalue weighted by Crippen LogP contribution is 2.58. The molecule has 4 fully saturated rings. The fraction of sp³-hybridized carbons (Fsp3) is 0.739. The third-order valence-electron chi connectivity index (χ3n) is 7.86. The second-order valence-corrected chi connectivity index (χ2v) is 9.52. The third-order valence-corrected chi connectivity index (χ3v) is 7.86. The van der Waals surface area contributed by atoms with E-state index in [9.17, 15) is 19.8 Å². The molecule has 6 atom stereocenters. The average Bonchev–Trinajstić information content (AvgIpc) is 3.44. The molecule has 3 heterocycles. The van der Waals surface area contributed by atoms with E-state index in [1.165, 1.54) is 4.90 Å². The first kappa shape index (κ1) is 21.1. The molecule has 8 nitrogen and oxygen atoms in total. The molecule has 5 rings (SSSR count). The molecular formula is C23H31NO7. The standard InChI is InChI=1S/C23H31NO7/c1-29-12-13-9-16-20(22(27)24(21(16)26)14-5-3-2-4-6-14)17-10-19(31-23(13,17)28)18-8-7-15(11-25)30-18/h7-8,13-14,16-17,19-20,25,28H,2-6,9-12H2,1H3/t13-,16+,17+,19+,20+,23-/m1/s1. The molecule has 0 aromatic carbocycles. The van der Waals surface area contributed by atoms with E-state index < -0.39 is 35.6 Å². The number of carbonyl (C=O) groups excluding carboxylic acids is 2. The van der Waals surface area contributed by atoms with E-state index >= 15 is 0 Å². The summed E-state index contributed by atoms with van der Waals surface area (Å²) in [6.45, 7) is 0.0225. The summed E-state index contributed by atoms with van der Waals surface area (Å²) in [5.41, 5.74) is 0. The number of fused-ring (bicyclic) bond motifs is 3. The highest BCUT2D eigenvalue weighted by molar-refractivity contribution is 6.05. The second kappa shape index (κ2) is 7.99. The molecule has 2 aliphatic heterocycles. The fourth-order valence-electron chi connectivity index (χ4n) is 6.43. The van der Waals surface area contributed by atoms with Crippen LogP contribution in [0.25, 0.3) is 0 Å². The van der Waals surface area contributed by atoms with E-state index in [0.29, 0.717) is 24.4 Å². The van der Waals surface area contributed by atoms with Gasteiger partial charge in [-0.25, -0.2) is 0 Å². The van der Waals surface area contributed by atoms with E-state index in [0.717, 1.165) is 32.1 Å². The van der Waals surface area contributed by atoms with Crippen molar-refractivity contribution in [2.45, 2.75) is 69.5 Å². The molecule has 0 bridgehead atoms. The van der Waals surface area contributed by atoms with E-state index in [4.69, 9.17) is 13.9 Å². The van der Waals surface area contributed by atoms with Crippen LogP contribution in [0.15, 0.2) is 16.5 Å². The van der Waals surface area contributed by atoms with Gasteiger partial charge in [0, 0.05) is 25.0 Å². The van der Waals surface area contributed by atoms with Crippen molar-refractivity contribution in [1.29, 1.82) is 0 Å². The van der Waals surface area contributed by atoms with Crippen LogP contribution < -0.4 is 0 Å². The number of ether oxygens (including phenoxy) is 2. The summed E-state index contributed by atoms with van der Waals surface area (Å²) in [7, 11) is 1.56. The van der Waals surface area contributed by atoms with Gasteiger partial charge in [-0.2, -0.15) is 0 Å². The zero-order chi connectivity index (χ0) is 21.8. The smallest absolute Gasteiger partial charge is 0.233 e. The lowest BCUT2D eigenvalue weighted by atomic mass is 9.64. The molecule has 2 saturated heterocycles. The first-order chi connectivity index (χ1) is 15.0. The number of aliphatic hydroxyl groups excluding tert-OH is 1. The van der Waals surface area contributed by atoms with Gasteiger partial charge in [0.1, 0.15) is 24.2 Å². The van der Waals surface area contributed by atoms with Gasteiger partial charge in [-0.05, 0) is 37.8 Å². The molecule has 31 heavy (non-hydrogen) atoms. The van der Waals surface area contributed by atoms with Gasteiger partial charge < -0.3 is 24.1 Å². The zero-order valence-electron chi connectivity index (χ0n) is 17.9. The average molecular weight is 434 g/mol. The number of hydrogen-bond acceptors (Lipinski definition) is 7. The molecule has 0 unspecified atom stereocenters. The quantitative estimate of drug-likeness (QED) is 0.685. The Morgan fingerprint density at radius 3 is 2.61 bits per heavy atom. The molecular weight excluding hydrogens is 402 g/mol. The van der Waals surface area contributed by atoms with Crippen molar-refractivity contribution >= 4 is 11.8 Å². The zero-order valence-corrected chi connectivity index (χ0v) is 17.9. The minimum absolute atomic E-state index is 0.0244. The van der Waals surface area contributed by atoms with E-state index in [-0.39, 0.29) is 31.1 Å². The van der Waals surface area contributed by atoms with Gasteiger partial charge in [0.05, 0.1) is 18.4 Å². The Hall–Kier alpha value is -1.74. The summed E-state index contributed by atoms with van der Waals surface area (Å²) >= 11 is 0. The highest BCUT2D eigenvalue weighted by atomic mass is 16.6. The maximum Gasteiger partial charge on any atom is 0.233 e. The number of carbonyl (C=O) groups is 2. The van der Waals surface area contributed by atoms with Crippen LogP contribution in [0.3, 0.4) is 0 Å². The van der Waals surface area contributed by atoms with E-state index in [2.05, 4.69) is 0 Å².